The van der Waals surface area contributed by atoms with Crippen LogP contribution in [0.15, 0.2) is 29.2 Å². The van der Waals surface area contributed by atoms with Crippen molar-refractivity contribution in [1.29, 1.82) is 0 Å². The van der Waals surface area contributed by atoms with Crippen LogP contribution in [0.25, 0.3) is 0 Å². The molecule has 2 atom stereocenters. The van der Waals surface area contributed by atoms with Crippen LogP contribution < -0.4 is 10.0 Å². The summed E-state index contributed by atoms with van der Waals surface area (Å²) in [6, 6.07) is 7.31. The summed E-state index contributed by atoms with van der Waals surface area (Å²) in [5, 5.41) is 3.37. The van der Waals surface area contributed by atoms with Crippen LogP contribution in [0.1, 0.15) is 38.8 Å². The van der Waals surface area contributed by atoms with E-state index in [2.05, 4.69) is 23.9 Å². The highest BCUT2D eigenvalue weighted by Crippen LogP contribution is 2.20. The fourth-order valence-corrected chi connectivity index (χ4v) is 4.25. The van der Waals surface area contributed by atoms with Gasteiger partial charge in [0.2, 0.25) is 10.0 Å². The first-order valence-electron chi connectivity index (χ1n) is 7.29. The third kappa shape index (κ3) is 5.62. The van der Waals surface area contributed by atoms with Gasteiger partial charge in [0.25, 0.3) is 0 Å². The fourth-order valence-electron chi connectivity index (χ4n) is 2.26. The molecule has 0 aliphatic heterocycles. The highest BCUT2D eigenvalue weighted by Gasteiger charge is 2.18. The molecule has 6 heteroatoms. The van der Waals surface area contributed by atoms with Gasteiger partial charge in [0.15, 0.2) is 0 Å². The molecule has 2 unspecified atom stereocenters. The number of hydrogen-bond donors (Lipinski definition) is 2. The maximum absolute atomic E-state index is 12.4. The smallest absolute Gasteiger partial charge is 0.240 e. The van der Waals surface area contributed by atoms with E-state index >= 15 is 0 Å². The van der Waals surface area contributed by atoms with Gasteiger partial charge in [0.05, 0.1) is 4.90 Å². The number of sulfonamides is 1. The summed E-state index contributed by atoms with van der Waals surface area (Å²) in [6.07, 6.45) is 2.89. The first-order chi connectivity index (χ1) is 9.94. The van der Waals surface area contributed by atoms with Crippen molar-refractivity contribution in [2.45, 2.75) is 44.2 Å². The van der Waals surface area contributed by atoms with Crippen LogP contribution >= 0.6 is 11.8 Å². The minimum Gasteiger partial charge on any atom is -0.310 e. The Morgan fingerprint density at radius 2 is 2.00 bits per heavy atom. The minimum atomic E-state index is -3.45. The van der Waals surface area contributed by atoms with Crippen molar-refractivity contribution in [3.8, 4) is 0 Å². The maximum Gasteiger partial charge on any atom is 0.240 e. The summed E-state index contributed by atoms with van der Waals surface area (Å²) < 4.78 is 27.5. The quantitative estimate of drug-likeness (QED) is 0.731. The average Bonchev–Trinajstić information content (AvgIpc) is 2.44. The van der Waals surface area contributed by atoms with Crippen LogP contribution in [0.3, 0.4) is 0 Å². The number of nitrogens with one attached hydrogen (secondary N) is 2. The SMILES string of the molecule is CCNC(CC)c1cccc(S(=O)(=O)NC(C)CSC)c1. The Labute approximate surface area is 133 Å². The highest BCUT2D eigenvalue weighted by molar-refractivity contribution is 7.98. The number of thioether (sulfide) groups is 1. The first kappa shape index (κ1) is 18.5. The van der Waals surface area contributed by atoms with Gasteiger partial charge in [-0.25, -0.2) is 13.1 Å². The van der Waals surface area contributed by atoms with E-state index in [4.69, 9.17) is 0 Å². The lowest BCUT2D eigenvalue weighted by atomic mass is 10.0. The van der Waals surface area contributed by atoms with Crippen molar-refractivity contribution in [3.05, 3.63) is 29.8 Å². The van der Waals surface area contributed by atoms with Gasteiger partial charge in [-0.05, 0) is 43.8 Å². The van der Waals surface area contributed by atoms with E-state index in [0.29, 0.717) is 4.90 Å². The molecule has 0 aromatic heterocycles. The molecule has 1 aromatic carbocycles. The van der Waals surface area contributed by atoms with Crippen molar-refractivity contribution in [2.75, 3.05) is 18.6 Å². The normalized spacial score (nSPS) is 14.9. The Kier molecular flexibility index (Phi) is 7.73. The summed E-state index contributed by atoms with van der Waals surface area (Å²) in [5.41, 5.74) is 1.01. The number of benzene rings is 1. The number of rotatable bonds is 9. The van der Waals surface area contributed by atoms with Crippen LogP contribution in [0.4, 0.5) is 0 Å². The molecule has 0 radical (unpaired) electrons. The third-order valence-corrected chi connectivity index (χ3v) is 5.62. The topological polar surface area (TPSA) is 58.2 Å². The largest absolute Gasteiger partial charge is 0.310 e. The standard InChI is InChI=1S/C15H26N2O2S2/c1-5-15(16-6-2)13-8-7-9-14(10-13)21(18,19)17-12(3)11-20-4/h7-10,12,15-17H,5-6,11H2,1-4H3. The van der Waals surface area contributed by atoms with Gasteiger partial charge < -0.3 is 5.32 Å². The molecule has 0 heterocycles. The Hall–Kier alpha value is -0.560. The summed E-state index contributed by atoms with van der Waals surface area (Å²) >= 11 is 1.63. The second-order valence-corrected chi connectivity index (χ2v) is 7.69. The van der Waals surface area contributed by atoms with Gasteiger partial charge in [-0.2, -0.15) is 11.8 Å². The van der Waals surface area contributed by atoms with E-state index in [-0.39, 0.29) is 12.1 Å². The summed E-state index contributed by atoms with van der Waals surface area (Å²) in [5.74, 6) is 0.758. The summed E-state index contributed by atoms with van der Waals surface area (Å²) in [6.45, 7) is 6.88. The molecule has 0 spiro atoms. The zero-order valence-electron chi connectivity index (χ0n) is 13.2. The van der Waals surface area contributed by atoms with E-state index in [1.165, 1.54) is 0 Å². The van der Waals surface area contributed by atoms with Crippen molar-refractivity contribution in [3.63, 3.8) is 0 Å². The van der Waals surface area contributed by atoms with Crippen molar-refractivity contribution >= 4 is 21.8 Å². The molecular weight excluding hydrogens is 304 g/mol. The fraction of sp³-hybridized carbons (Fsp3) is 0.600. The van der Waals surface area contributed by atoms with Crippen molar-refractivity contribution < 1.29 is 8.42 Å². The molecule has 2 N–H and O–H groups in total. The van der Waals surface area contributed by atoms with E-state index in [1.807, 2.05) is 25.3 Å². The van der Waals surface area contributed by atoms with Gasteiger partial charge in [-0.1, -0.05) is 26.0 Å². The first-order valence-corrected chi connectivity index (χ1v) is 10.2. The monoisotopic (exact) mass is 330 g/mol. The zero-order valence-corrected chi connectivity index (χ0v) is 14.9. The highest BCUT2D eigenvalue weighted by atomic mass is 32.2. The van der Waals surface area contributed by atoms with Gasteiger partial charge >= 0.3 is 0 Å². The molecule has 1 aromatic rings. The lowest BCUT2D eigenvalue weighted by Gasteiger charge is -2.18. The van der Waals surface area contributed by atoms with Crippen LogP contribution in [-0.4, -0.2) is 33.0 Å². The molecule has 0 fully saturated rings. The van der Waals surface area contributed by atoms with Crippen LogP contribution in [0.5, 0.6) is 0 Å². The van der Waals surface area contributed by atoms with Gasteiger partial charge in [-0.15, -0.1) is 0 Å². The predicted molar refractivity (Wildman–Crippen MR) is 91.3 cm³/mol. The van der Waals surface area contributed by atoms with Crippen LogP contribution in [-0.2, 0) is 10.0 Å². The van der Waals surface area contributed by atoms with Crippen molar-refractivity contribution in [2.24, 2.45) is 0 Å². The molecular formula is C15H26N2O2S2. The molecule has 0 bridgehead atoms. The van der Waals surface area contributed by atoms with Gasteiger partial charge in [-0.3, -0.25) is 0 Å². The molecule has 0 saturated carbocycles. The maximum atomic E-state index is 12.4. The Bertz CT molecular complexity index is 532. The van der Waals surface area contributed by atoms with Gasteiger partial charge in [0, 0.05) is 17.8 Å². The second kappa shape index (κ2) is 8.78. The molecule has 1 rings (SSSR count). The molecule has 0 aliphatic carbocycles. The van der Waals surface area contributed by atoms with Crippen LogP contribution in [0.2, 0.25) is 0 Å². The Morgan fingerprint density at radius 1 is 1.29 bits per heavy atom. The predicted octanol–water partition coefficient (Wildman–Crippen LogP) is 2.78. The molecule has 120 valence electrons. The lowest BCUT2D eigenvalue weighted by Crippen LogP contribution is -2.34. The number of hydrogen-bond acceptors (Lipinski definition) is 4. The zero-order chi connectivity index (χ0) is 15.9. The second-order valence-electron chi connectivity index (χ2n) is 5.07. The summed E-state index contributed by atoms with van der Waals surface area (Å²) in [7, 11) is -3.45. The van der Waals surface area contributed by atoms with E-state index in [1.54, 1.807) is 23.9 Å². The van der Waals surface area contributed by atoms with E-state index in [9.17, 15) is 8.42 Å². The van der Waals surface area contributed by atoms with Gasteiger partial charge in [0.1, 0.15) is 0 Å². The van der Waals surface area contributed by atoms with E-state index < -0.39 is 10.0 Å². The molecule has 21 heavy (non-hydrogen) atoms. The molecule has 0 amide bonds. The summed E-state index contributed by atoms with van der Waals surface area (Å²) in [4.78, 5) is 0.337. The Morgan fingerprint density at radius 3 is 2.57 bits per heavy atom. The Balaban J connectivity index is 2.97. The molecule has 4 nitrogen and oxygen atoms in total. The molecule has 0 saturated heterocycles. The van der Waals surface area contributed by atoms with Crippen molar-refractivity contribution in [1.82, 2.24) is 10.0 Å². The van der Waals surface area contributed by atoms with E-state index in [0.717, 1.165) is 24.3 Å². The average molecular weight is 331 g/mol. The third-order valence-electron chi connectivity index (χ3n) is 3.20. The lowest BCUT2D eigenvalue weighted by molar-refractivity contribution is 0.535. The minimum absolute atomic E-state index is 0.0793. The van der Waals surface area contributed by atoms with Crippen LogP contribution in [0, 0.1) is 0 Å². The molecule has 0 aliphatic rings.